The van der Waals surface area contributed by atoms with Crippen LogP contribution in [-0.2, 0) is 4.79 Å². The number of rotatable bonds is 9. The van der Waals surface area contributed by atoms with Gasteiger partial charge in [-0.2, -0.15) is 5.10 Å². The lowest BCUT2D eigenvalue weighted by molar-refractivity contribution is -0.118. The van der Waals surface area contributed by atoms with Crippen LogP contribution in [0, 0.1) is 0 Å². The molecular formula is C19H21ClN2O2S. The van der Waals surface area contributed by atoms with Crippen molar-refractivity contribution in [3.8, 4) is 5.75 Å². The summed E-state index contributed by atoms with van der Waals surface area (Å²) >= 11 is 7.26. The van der Waals surface area contributed by atoms with E-state index in [1.165, 1.54) is 11.8 Å². The van der Waals surface area contributed by atoms with Crippen molar-refractivity contribution >= 4 is 35.5 Å². The van der Waals surface area contributed by atoms with Crippen LogP contribution in [0.2, 0.25) is 5.02 Å². The summed E-state index contributed by atoms with van der Waals surface area (Å²) in [5.74, 6) is 0.980. The molecule has 0 unspecified atom stereocenters. The molecule has 0 aliphatic rings. The summed E-state index contributed by atoms with van der Waals surface area (Å²) in [5, 5.41) is 4.65. The van der Waals surface area contributed by atoms with Gasteiger partial charge in [-0.1, -0.05) is 24.9 Å². The predicted molar refractivity (Wildman–Crippen MR) is 105 cm³/mol. The third-order valence-electron chi connectivity index (χ3n) is 3.23. The summed E-state index contributed by atoms with van der Waals surface area (Å²) < 4.78 is 5.60. The smallest absolute Gasteiger partial charge is 0.250 e. The molecule has 25 heavy (non-hydrogen) atoms. The minimum absolute atomic E-state index is 0.157. The summed E-state index contributed by atoms with van der Waals surface area (Å²) in [6.07, 6.45) is 3.77. The Morgan fingerprint density at radius 2 is 1.92 bits per heavy atom. The summed E-state index contributed by atoms with van der Waals surface area (Å²) in [7, 11) is 0. The Hall–Kier alpha value is -1.98. The Morgan fingerprint density at radius 1 is 1.20 bits per heavy atom. The van der Waals surface area contributed by atoms with Crippen molar-refractivity contribution in [2.24, 2.45) is 5.10 Å². The maximum Gasteiger partial charge on any atom is 0.250 e. The molecule has 6 heteroatoms. The lowest BCUT2D eigenvalue weighted by Gasteiger charge is -2.05. The number of benzene rings is 2. The van der Waals surface area contributed by atoms with Gasteiger partial charge in [-0.25, -0.2) is 5.43 Å². The highest BCUT2D eigenvalue weighted by atomic mass is 35.5. The molecular weight excluding hydrogens is 356 g/mol. The average Bonchev–Trinajstić information content (AvgIpc) is 2.63. The number of hydrogen-bond donors (Lipinski definition) is 1. The van der Waals surface area contributed by atoms with E-state index in [1.54, 1.807) is 18.3 Å². The van der Waals surface area contributed by atoms with Crippen molar-refractivity contribution in [3.05, 3.63) is 59.1 Å². The second-order valence-electron chi connectivity index (χ2n) is 5.31. The highest BCUT2D eigenvalue weighted by Crippen LogP contribution is 2.19. The minimum atomic E-state index is -0.157. The molecule has 0 radical (unpaired) electrons. The minimum Gasteiger partial charge on any atom is -0.494 e. The number of nitrogens with one attached hydrogen (secondary N) is 1. The van der Waals surface area contributed by atoms with Gasteiger partial charge in [-0.05, 0) is 60.5 Å². The Bertz CT molecular complexity index is 688. The fourth-order valence-electron chi connectivity index (χ4n) is 1.88. The predicted octanol–water partition coefficient (Wildman–Crippen LogP) is 4.76. The van der Waals surface area contributed by atoms with Gasteiger partial charge >= 0.3 is 0 Å². The molecule has 0 atom stereocenters. The van der Waals surface area contributed by atoms with E-state index in [2.05, 4.69) is 17.5 Å². The van der Waals surface area contributed by atoms with Crippen LogP contribution in [0.1, 0.15) is 25.3 Å². The van der Waals surface area contributed by atoms with E-state index < -0.39 is 0 Å². The summed E-state index contributed by atoms with van der Waals surface area (Å²) in [4.78, 5) is 12.8. The van der Waals surface area contributed by atoms with Crippen LogP contribution in [0.5, 0.6) is 5.75 Å². The lowest BCUT2D eigenvalue weighted by Crippen LogP contribution is -2.19. The van der Waals surface area contributed by atoms with Crippen LogP contribution in [-0.4, -0.2) is 24.5 Å². The zero-order chi connectivity index (χ0) is 17.9. The van der Waals surface area contributed by atoms with Gasteiger partial charge in [-0.15, -0.1) is 11.8 Å². The van der Waals surface area contributed by atoms with Crippen molar-refractivity contribution in [1.82, 2.24) is 5.43 Å². The van der Waals surface area contributed by atoms with Crippen LogP contribution in [0.4, 0.5) is 0 Å². The molecule has 0 heterocycles. The van der Waals surface area contributed by atoms with Gasteiger partial charge in [0.15, 0.2) is 0 Å². The number of unbranched alkanes of at least 4 members (excludes halogenated alkanes) is 1. The number of hydrogen-bond acceptors (Lipinski definition) is 4. The van der Waals surface area contributed by atoms with Crippen molar-refractivity contribution in [1.29, 1.82) is 0 Å². The number of ether oxygens (including phenoxy) is 1. The summed E-state index contributed by atoms with van der Waals surface area (Å²) in [6, 6.07) is 15.0. The van der Waals surface area contributed by atoms with Crippen LogP contribution >= 0.6 is 23.4 Å². The molecule has 1 amide bonds. The second kappa shape index (κ2) is 10.8. The summed E-state index contributed by atoms with van der Waals surface area (Å²) in [6.45, 7) is 2.86. The van der Waals surface area contributed by atoms with E-state index >= 15 is 0 Å². The first-order chi connectivity index (χ1) is 12.2. The number of carbonyl (C=O) groups is 1. The first-order valence-electron chi connectivity index (χ1n) is 8.10. The Kier molecular flexibility index (Phi) is 8.35. The van der Waals surface area contributed by atoms with Gasteiger partial charge in [0.1, 0.15) is 5.75 Å². The van der Waals surface area contributed by atoms with E-state index in [1.807, 2.05) is 36.4 Å². The Labute approximate surface area is 157 Å². The fourth-order valence-corrected chi connectivity index (χ4v) is 2.69. The number of hydrazone groups is 1. The Morgan fingerprint density at radius 3 is 2.60 bits per heavy atom. The van der Waals surface area contributed by atoms with Crippen LogP contribution in [0.25, 0.3) is 0 Å². The molecule has 132 valence electrons. The number of halogens is 1. The van der Waals surface area contributed by atoms with Gasteiger partial charge in [-0.3, -0.25) is 4.79 Å². The maximum atomic E-state index is 11.8. The fraction of sp³-hybridized carbons (Fsp3) is 0.263. The van der Waals surface area contributed by atoms with Gasteiger partial charge < -0.3 is 4.74 Å². The first kappa shape index (κ1) is 19.3. The van der Waals surface area contributed by atoms with Crippen LogP contribution in [0.3, 0.4) is 0 Å². The molecule has 0 aromatic heterocycles. The molecule has 2 aromatic rings. The molecule has 0 bridgehead atoms. The number of carbonyl (C=O) groups excluding carboxylic acids is 1. The topological polar surface area (TPSA) is 50.7 Å². The van der Waals surface area contributed by atoms with E-state index in [4.69, 9.17) is 16.3 Å². The van der Waals surface area contributed by atoms with E-state index in [0.717, 1.165) is 35.7 Å². The molecule has 4 nitrogen and oxygen atoms in total. The highest BCUT2D eigenvalue weighted by molar-refractivity contribution is 8.00. The zero-order valence-corrected chi connectivity index (χ0v) is 15.6. The molecule has 0 saturated carbocycles. The second-order valence-corrected chi connectivity index (χ2v) is 6.79. The van der Waals surface area contributed by atoms with Gasteiger partial charge in [0.2, 0.25) is 5.91 Å². The quantitative estimate of drug-likeness (QED) is 0.297. The number of amides is 1. The standard InChI is InChI=1S/C19H21ClN2O2S/c1-2-3-12-24-17-8-4-15(5-9-17)13-21-22-19(23)14-25-18-10-6-16(20)7-11-18/h4-11,13H,2-3,12,14H2,1H3,(H,22,23)/b21-13-. The highest BCUT2D eigenvalue weighted by Gasteiger charge is 2.01. The van der Waals surface area contributed by atoms with Crippen molar-refractivity contribution in [2.45, 2.75) is 24.7 Å². The molecule has 0 aliphatic heterocycles. The summed E-state index contributed by atoms with van der Waals surface area (Å²) in [5.41, 5.74) is 3.42. The third kappa shape index (κ3) is 7.63. The third-order valence-corrected chi connectivity index (χ3v) is 4.50. The zero-order valence-electron chi connectivity index (χ0n) is 14.1. The average molecular weight is 377 g/mol. The monoisotopic (exact) mass is 376 g/mol. The number of nitrogens with zero attached hydrogens (tertiary/aromatic N) is 1. The van der Waals surface area contributed by atoms with Gasteiger partial charge in [0.25, 0.3) is 0 Å². The largest absolute Gasteiger partial charge is 0.494 e. The van der Waals surface area contributed by atoms with E-state index in [9.17, 15) is 4.79 Å². The Balaban J connectivity index is 1.72. The van der Waals surface area contributed by atoms with E-state index in [0.29, 0.717) is 10.8 Å². The van der Waals surface area contributed by atoms with Crippen LogP contribution in [0.15, 0.2) is 58.5 Å². The van der Waals surface area contributed by atoms with Crippen molar-refractivity contribution in [2.75, 3.05) is 12.4 Å². The van der Waals surface area contributed by atoms with Gasteiger partial charge in [0, 0.05) is 9.92 Å². The molecule has 0 aliphatic carbocycles. The lowest BCUT2D eigenvalue weighted by atomic mass is 10.2. The number of thioether (sulfide) groups is 1. The SMILES string of the molecule is CCCCOc1ccc(/C=N\NC(=O)CSc2ccc(Cl)cc2)cc1. The molecule has 2 aromatic carbocycles. The van der Waals surface area contributed by atoms with Crippen molar-refractivity contribution in [3.63, 3.8) is 0 Å². The van der Waals surface area contributed by atoms with Crippen molar-refractivity contribution < 1.29 is 9.53 Å². The first-order valence-corrected chi connectivity index (χ1v) is 9.47. The maximum absolute atomic E-state index is 11.8. The molecule has 0 fully saturated rings. The van der Waals surface area contributed by atoms with Crippen LogP contribution < -0.4 is 10.2 Å². The molecule has 2 rings (SSSR count). The van der Waals surface area contributed by atoms with E-state index in [-0.39, 0.29) is 5.91 Å². The molecule has 1 N–H and O–H groups in total. The van der Waals surface area contributed by atoms with Gasteiger partial charge in [0.05, 0.1) is 18.6 Å². The molecule has 0 saturated heterocycles. The molecule has 0 spiro atoms. The normalized spacial score (nSPS) is 10.8.